The Morgan fingerprint density at radius 1 is 1.15 bits per heavy atom. The van der Waals surface area contributed by atoms with Crippen molar-refractivity contribution in [1.82, 2.24) is 15.0 Å². The second-order valence-corrected chi connectivity index (χ2v) is 7.18. The molecule has 0 saturated heterocycles. The number of hydrogen-bond acceptors (Lipinski definition) is 8. The number of aromatic nitrogens is 3. The van der Waals surface area contributed by atoms with Gasteiger partial charge in [0.2, 0.25) is 5.95 Å². The molecule has 0 spiro atoms. The summed E-state index contributed by atoms with van der Waals surface area (Å²) in [7, 11) is 5.33. The predicted octanol–water partition coefficient (Wildman–Crippen LogP) is 4.64. The molecule has 0 aromatic carbocycles. The van der Waals surface area contributed by atoms with Gasteiger partial charge in [0.15, 0.2) is 0 Å². The van der Waals surface area contributed by atoms with Gasteiger partial charge in [0, 0.05) is 55.5 Å². The van der Waals surface area contributed by atoms with Gasteiger partial charge in [-0.3, -0.25) is 0 Å². The van der Waals surface area contributed by atoms with Crippen LogP contribution in [0.4, 0.5) is 5.95 Å². The number of methoxy groups -OCH3 is 1. The fraction of sp³-hybridized carbons (Fsp3) is 0.368. The minimum absolute atomic E-state index is 0.208. The minimum Gasteiger partial charge on any atom is -0.377 e. The Hall–Kier alpha value is -2.16. The van der Waals surface area contributed by atoms with E-state index >= 15 is 0 Å². The first-order chi connectivity index (χ1) is 13.1. The zero-order chi connectivity index (χ0) is 20.1. The van der Waals surface area contributed by atoms with Crippen molar-refractivity contribution in [2.24, 2.45) is 0 Å². The van der Waals surface area contributed by atoms with Crippen molar-refractivity contribution in [3.63, 3.8) is 0 Å². The van der Waals surface area contributed by atoms with E-state index < -0.39 is 0 Å². The maximum absolute atomic E-state index is 9.28. The van der Waals surface area contributed by atoms with Crippen molar-refractivity contribution < 1.29 is 9.53 Å². The van der Waals surface area contributed by atoms with Crippen molar-refractivity contribution in [3.05, 3.63) is 34.6 Å². The molecule has 0 fully saturated rings. The number of nitrogens with zero attached hydrogens (tertiary/aromatic N) is 4. The summed E-state index contributed by atoms with van der Waals surface area (Å²) in [6.45, 7) is 4.46. The third kappa shape index (κ3) is 7.94. The van der Waals surface area contributed by atoms with Crippen LogP contribution in [0.15, 0.2) is 34.6 Å². The van der Waals surface area contributed by atoms with Crippen LogP contribution in [0.25, 0.3) is 21.8 Å². The van der Waals surface area contributed by atoms with Crippen molar-refractivity contribution in [3.8, 4) is 21.8 Å². The number of rotatable bonds is 5. The van der Waals surface area contributed by atoms with E-state index in [0.717, 1.165) is 16.3 Å². The Balaban J connectivity index is 0.000000390. The lowest BCUT2D eigenvalue weighted by Gasteiger charge is -2.08. The van der Waals surface area contributed by atoms with Crippen LogP contribution in [-0.2, 0) is 9.53 Å². The Morgan fingerprint density at radius 3 is 2.26 bits per heavy atom. The number of hydrogen-bond donors (Lipinski definition) is 0. The van der Waals surface area contributed by atoms with Gasteiger partial charge >= 0.3 is 0 Å². The topological polar surface area (TPSA) is 68.2 Å². The highest BCUT2D eigenvalue weighted by Crippen LogP contribution is 2.29. The van der Waals surface area contributed by atoms with Gasteiger partial charge in [-0.1, -0.05) is 20.3 Å². The van der Waals surface area contributed by atoms with Gasteiger partial charge in [-0.15, -0.1) is 11.3 Å². The van der Waals surface area contributed by atoms with Gasteiger partial charge in [-0.05, 0) is 11.4 Å². The first-order valence-corrected chi connectivity index (χ1v) is 10.3. The standard InChI is InChI=1S/C13H12N4S2.C3H6O2.C3H8/c1-17(2)13-14-5-10(6-15-13)12-16-11(8-19-12)9-3-4-18-7-9;1-5-3-2-4;1-3-2/h3-8H,1-2H3;2H,3H2,1H3;3H2,1-2H3. The van der Waals surface area contributed by atoms with E-state index in [-0.39, 0.29) is 6.61 Å². The maximum atomic E-state index is 9.28. The first-order valence-electron chi connectivity index (χ1n) is 8.47. The molecule has 0 aliphatic rings. The molecule has 0 radical (unpaired) electrons. The molecule has 0 N–H and O–H groups in total. The Morgan fingerprint density at radius 2 is 1.81 bits per heavy atom. The number of anilines is 1. The summed E-state index contributed by atoms with van der Waals surface area (Å²) in [5.41, 5.74) is 3.13. The van der Waals surface area contributed by atoms with Crippen LogP contribution in [0.3, 0.4) is 0 Å². The third-order valence-corrected chi connectivity index (χ3v) is 4.42. The Kier molecular flexibility index (Phi) is 11.1. The third-order valence-electron chi connectivity index (χ3n) is 2.84. The number of aldehydes is 1. The highest BCUT2D eigenvalue weighted by atomic mass is 32.1. The summed E-state index contributed by atoms with van der Waals surface area (Å²) in [6.07, 6.45) is 5.59. The molecule has 3 heterocycles. The van der Waals surface area contributed by atoms with Crippen LogP contribution < -0.4 is 4.90 Å². The summed E-state index contributed by atoms with van der Waals surface area (Å²) in [6, 6.07) is 2.08. The minimum atomic E-state index is 0.208. The largest absolute Gasteiger partial charge is 0.377 e. The zero-order valence-corrected chi connectivity index (χ0v) is 18.0. The number of thiazole rings is 1. The van der Waals surface area contributed by atoms with Crippen LogP contribution in [0, 0.1) is 0 Å². The van der Waals surface area contributed by atoms with Crippen molar-refractivity contribution >= 4 is 34.9 Å². The van der Waals surface area contributed by atoms with Crippen molar-refractivity contribution in [1.29, 1.82) is 0 Å². The van der Waals surface area contributed by atoms with Gasteiger partial charge in [-0.2, -0.15) is 11.3 Å². The smallest absolute Gasteiger partial charge is 0.224 e. The normalized spacial score (nSPS) is 9.52. The summed E-state index contributed by atoms with van der Waals surface area (Å²) >= 11 is 3.29. The van der Waals surface area contributed by atoms with Gasteiger partial charge in [-0.25, -0.2) is 15.0 Å². The molecule has 0 aliphatic carbocycles. The summed E-state index contributed by atoms with van der Waals surface area (Å²) in [5.74, 6) is 0.707. The lowest BCUT2D eigenvalue weighted by molar-refractivity contribution is -0.110. The number of thiophene rings is 1. The number of carbonyl (C=O) groups is 1. The molecular formula is C19H26N4O2S2. The SMILES string of the molecule is CCC.CN(C)c1ncc(-c2nc(-c3ccsc3)cs2)cn1.COCC=O. The lowest BCUT2D eigenvalue weighted by Crippen LogP contribution is -2.12. The fourth-order valence-corrected chi connectivity index (χ4v) is 3.13. The summed E-state index contributed by atoms with van der Waals surface area (Å²) in [4.78, 5) is 24.4. The average molecular weight is 407 g/mol. The van der Waals surface area contributed by atoms with Gasteiger partial charge in [0.1, 0.15) is 17.9 Å². The molecule has 3 rings (SSSR count). The van der Waals surface area contributed by atoms with Gasteiger partial charge < -0.3 is 14.4 Å². The number of ether oxygens (including phenoxy) is 1. The highest BCUT2D eigenvalue weighted by Gasteiger charge is 2.08. The summed E-state index contributed by atoms with van der Waals surface area (Å²) < 4.78 is 4.32. The van der Waals surface area contributed by atoms with E-state index in [0.29, 0.717) is 12.2 Å². The second-order valence-electron chi connectivity index (χ2n) is 5.55. The average Bonchev–Trinajstić information content (AvgIpc) is 3.35. The molecule has 3 aromatic heterocycles. The maximum Gasteiger partial charge on any atom is 0.224 e. The fourth-order valence-electron chi connectivity index (χ4n) is 1.68. The molecule has 0 saturated carbocycles. The van der Waals surface area contributed by atoms with Crippen LogP contribution in [0.5, 0.6) is 0 Å². The van der Waals surface area contributed by atoms with E-state index in [1.807, 2.05) is 31.4 Å². The summed E-state index contributed by atoms with van der Waals surface area (Å²) in [5, 5.41) is 7.18. The van der Waals surface area contributed by atoms with Gasteiger partial charge in [0.05, 0.1) is 5.69 Å². The van der Waals surface area contributed by atoms with Gasteiger partial charge in [0.25, 0.3) is 0 Å². The van der Waals surface area contributed by atoms with Crippen LogP contribution in [0.1, 0.15) is 20.3 Å². The Bertz CT molecular complexity index is 756. The van der Waals surface area contributed by atoms with Crippen LogP contribution in [0.2, 0.25) is 0 Å². The predicted molar refractivity (Wildman–Crippen MR) is 115 cm³/mol. The molecule has 27 heavy (non-hydrogen) atoms. The monoisotopic (exact) mass is 406 g/mol. The molecule has 0 atom stereocenters. The highest BCUT2D eigenvalue weighted by molar-refractivity contribution is 7.13. The molecule has 3 aromatic rings. The van der Waals surface area contributed by atoms with E-state index in [4.69, 9.17) is 0 Å². The molecule has 0 bridgehead atoms. The first kappa shape index (κ1) is 22.9. The lowest BCUT2D eigenvalue weighted by atomic mass is 10.3. The molecular weight excluding hydrogens is 380 g/mol. The van der Waals surface area contributed by atoms with Crippen molar-refractivity contribution in [2.45, 2.75) is 20.3 Å². The van der Waals surface area contributed by atoms with E-state index in [9.17, 15) is 4.79 Å². The molecule has 146 valence electrons. The Labute approximate surface area is 168 Å². The van der Waals surface area contributed by atoms with Crippen molar-refractivity contribution in [2.75, 3.05) is 32.7 Å². The van der Waals surface area contributed by atoms with E-state index in [1.54, 1.807) is 22.7 Å². The quantitative estimate of drug-likeness (QED) is 0.575. The van der Waals surface area contributed by atoms with Crippen LogP contribution in [-0.4, -0.2) is 49.1 Å². The molecule has 6 nitrogen and oxygen atoms in total. The molecule has 0 unspecified atom stereocenters. The van der Waals surface area contributed by atoms with E-state index in [2.05, 4.69) is 55.7 Å². The molecule has 8 heteroatoms. The molecule has 0 aliphatic heterocycles. The zero-order valence-electron chi connectivity index (χ0n) is 16.4. The van der Waals surface area contributed by atoms with Crippen LogP contribution >= 0.6 is 22.7 Å². The number of carbonyl (C=O) groups excluding carboxylic acids is 1. The second kappa shape index (κ2) is 13.1. The van der Waals surface area contributed by atoms with E-state index in [1.165, 1.54) is 19.1 Å². The molecule has 0 amide bonds.